The van der Waals surface area contributed by atoms with Gasteiger partial charge in [0.05, 0.1) is 19.8 Å². The number of aromatic nitrogens is 2. The number of aryl methyl sites for hydroxylation is 1. The summed E-state index contributed by atoms with van der Waals surface area (Å²) >= 11 is 0. The molecule has 0 aromatic carbocycles. The predicted octanol–water partition coefficient (Wildman–Crippen LogP) is 0.108. The lowest BCUT2D eigenvalue weighted by Gasteiger charge is -2.29. The summed E-state index contributed by atoms with van der Waals surface area (Å²) in [6.45, 7) is 9.41. The number of nitrogens with one attached hydrogen (secondary N) is 1. The summed E-state index contributed by atoms with van der Waals surface area (Å²) in [5.41, 5.74) is 0. The first-order chi connectivity index (χ1) is 11.2. The van der Waals surface area contributed by atoms with E-state index in [0.29, 0.717) is 24.2 Å². The second-order valence-electron chi connectivity index (χ2n) is 6.14. The zero-order chi connectivity index (χ0) is 16.1. The van der Waals surface area contributed by atoms with Gasteiger partial charge in [-0.15, -0.1) is 0 Å². The van der Waals surface area contributed by atoms with E-state index in [2.05, 4.69) is 30.2 Å². The summed E-state index contributed by atoms with van der Waals surface area (Å²) < 4.78 is 10.4. The zero-order valence-electron chi connectivity index (χ0n) is 14.0. The minimum atomic E-state index is 0.536. The second kappa shape index (κ2) is 7.74. The number of nitrogens with zero attached hydrogens (tertiary/aromatic N) is 5. The molecule has 2 aliphatic rings. The van der Waals surface area contributed by atoms with Crippen LogP contribution in [-0.2, 0) is 11.3 Å². The van der Waals surface area contributed by atoms with Crippen LogP contribution in [0.3, 0.4) is 0 Å². The SMILES string of the molecule is CN=C(NCc1noc(C)n1)N1CCC(CN2CCOCC2)C1. The van der Waals surface area contributed by atoms with E-state index in [9.17, 15) is 0 Å². The number of ether oxygens (including phenoxy) is 1. The number of hydrogen-bond donors (Lipinski definition) is 1. The van der Waals surface area contributed by atoms with E-state index in [1.165, 1.54) is 6.42 Å². The van der Waals surface area contributed by atoms with E-state index in [0.717, 1.165) is 51.9 Å². The molecule has 3 heterocycles. The molecule has 1 aromatic rings. The lowest BCUT2D eigenvalue weighted by Crippen LogP contribution is -2.42. The van der Waals surface area contributed by atoms with Gasteiger partial charge in [-0.1, -0.05) is 5.16 Å². The third-order valence-electron chi connectivity index (χ3n) is 4.39. The van der Waals surface area contributed by atoms with E-state index in [-0.39, 0.29) is 0 Å². The maximum Gasteiger partial charge on any atom is 0.223 e. The topological polar surface area (TPSA) is 79.0 Å². The summed E-state index contributed by atoms with van der Waals surface area (Å²) in [5, 5.41) is 7.22. The lowest BCUT2D eigenvalue weighted by atomic mass is 10.1. The molecule has 1 atom stereocenters. The first-order valence-electron chi connectivity index (χ1n) is 8.29. The average Bonchev–Trinajstić information content (AvgIpc) is 3.19. The molecular formula is C15H26N6O2. The highest BCUT2D eigenvalue weighted by molar-refractivity contribution is 5.80. The van der Waals surface area contributed by atoms with Gasteiger partial charge in [0, 0.05) is 46.7 Å². The van der Waals surface area contributed by atoms with Crippen molar-refractivity contribution in [1.29, 1.82) is 0 Å². The first kappa shape index (κ1) is 16.2. The number of morpholine rings is 1. The highest BCUT2D eigenvalue weighted by Crippen LogP contribution is 2.18. The fourth-order valence-electron chi connectivity index (χ4n) is 3.23. The fraction of sp³-hybridized carbons (Fsp3) is 0.800. The van der Waals surface area contributed by atoms with Crippen LogP contribution >= 0.6 is 0 Å². The number of likely N-dealkylation sites (tertiary alicyclic amines) is 1. The van der Waals surface area contributed by atoms with Crippen molar-refractivity contribution in [3.63, 3.8) is 0 Å². The Labute approximate surface area is 136 Å². The van der Waals surface area contributed by atoms with Crippen LogP contribution in [0.4, 0.5) is 0 Å². The molecule has 2 fully saturated rings. The monoisotopic (exact) mass is 322 g/mol. The molecule has 3 rings (SSSR count). The fourth-order valence-corrected chi connectivity index (χ4v) is 3.23. The van der Waals surface area contributed by atoms with Gasteiger partial charge in [-0.25, -0.2) is 0 Å². The predicted molar refractivity (Wildman–Crippen MR) is 86.2 cm³/mol. The van der Waals surface area contributed by atoms with E-state index in [1.54, 1.807) is 6.92 Å². The van der Waals surface area contributed by atoms with Crippen LogP contribution in [0, 0.1) is 12.8 Å². The Morgan fingerprint density at radius 1 is 1.35 bits per heavy atom. The Hall–Kier alpha value is -1.67. The number of aliphatic imine (C=N–C) groups is 1. The van der Waals surface area contributed by atoms with Crippen LogP contribution in [0.25, 0.3) is 0 Å². The Morgan fingerprint density at radius 2 is 2.17 bits per heavy atom. The van der Waals surface area contributed by atoms with Gasteiger partial charge in [-0.05, 0) is 12.3 Å². The third-order valence-corrected chi connectivity index (χ3v) is 4.39. The minimum absolute atomic E-state index is 0.536. The molecule has 0 bridgehead atoms. The highest BCUT2D eigenvalue weighted by Gasteiger charge is 2.27. The van der Waals surface area contributed by atoms with Gasteiger partial charge < -0.3 is 19.5 Å². The standard InChI is InChI=1S/C15H26N6O2/c1-12-18-14(19-23-12)9-17-15(16-2)21-4-3-13(11-21)10-20-5-7-22-8-6-20/h13H,3-11H2,1-2H3,(H,16,17). The Bertz CT molecular complexity index is 526. The Balaban J connectivity index is 1.46. The van der Waals surface area contributed by atoms with Gasteiger partial charge in [0.1, 0.15) is 0 Å². The van der Waals surface area contributed by atoms with Crippen molar-refractivity contribution < 1.29 is 9.26 Å². The molecule has 0 saturated carbocycles. The highest BCUT2D eigenvalue weighted by atomic mass is 16.5. The summed E-state index contributed by atoms with van der Waals surface area (Å²) in [6.07, 6.45) is 1.21. The van der Waals surface area contributed by atoms with Crippen molar-refractivity contribution >= 4 is 5.96 Å². The summed E-state index contributed by atoms with van der Waals surface area (Å²) in [6, 6.07) is 0. The van der Waals surface area contributed by atoms with E-state index >= 15 is 0 Å². The molecular weight excluding hydrogens is 296 g/mol. The van der Waals surface area contributed by atoms with Crippen molar-refractivity contribution in [2.24, 2.45) is 10.9 Å². The second-order valence-corrected chi connectivity index (χ2v) is 6.14. The van der Waals surface area contributed by atoms with Crippen LogP contribution in [0.2, 0.25) is 0 Å². The largest absolute Gasteiger partial charge is 0.379 e. The van der Waals surface area contributed by atoms with Crippen molar-refractivity contribution in [1.82, 2.24) is 25.3 Å². The number of guanidine groups is 1. The first-order valence-corrected chi connectivity index (χ1v) is 8.29. The molecule has 1 N–H and O–H groups in total. The molecule has 0 radical (unpaired) electrons. The molecule has 128 valence electrons. The maximum absolute atomic E-state index is 5.42. The van der Waals surface area contributed by atoms with Crippen molar-refractivity contribution in [3.05, 3.63) is 11.7 Å². The third kappa shape index (κ3) is 4.42. The molecule has 0 aliphatic carbocycles. The zero-order valence-corrected chi connectivity index (χ0v) is 14.0. The molecule has 23 heavy (non-hydrogen) atoms. The van der Waals surface area contributed by atoms with Gasteiger partial charge >= 0.3 is 0 Å². The van der Waals surface area contributed by atoms with Crippen LogP contribution in [0.1, 0.15) is 18.1 Å². The van der Waals surface area contributed by atoms with E-state index < -0.39 is 0 Å². The van der Waals surface area contributed by atoms with E-state index in [4.69, 9.17) is 9.26 Å². The van der Waals surface area contributed by atoms with Crippen LogP contribution in [0.15, 0.2) is 9.52 Å². The molecule has 2 saturated heterocycles. The van der Waals surface area contributed by atoms with Gasteiger partial charge in [0.2, 0.25) is 5.89 Å². The Kier molecular flexibility index (Phi) is 5.45. The molecule has 2 aliphatic heterocycles. The molecule has 1 unspecified atom stereocenters. The maximum atomic E-state index is 5.42. The minimum Gasteiger partial charge on any atom is -0.379 e. The lowest BCUT2D eigenvalue weighted by molar-refractivity contribution is 0.0315. The van der Waals surface area contributed by atoms with Gasteiger partial charge in [-0.3, -0.25) is 9.89 Å². The molecule has 8 heteroatoms. The molecule has 0 spiro atoms. The van der Waals surface area contributed by atoms with Crippen LogP contribution in [-0.4, -0.2) is 78.9 Å². The number of rotatable bonds is 4. The molecule has 1 aromatic heterocycles. The Morgan fingerprint density at radius 3 is 2.87 bits per heavy atom. The summed E-state index contributed by atoms with van der Waals surface area (Å²) in [4.78, 5) is 13.4. The van der Waals surface area contributed by atoms with Gasteiger partial charge in [-0.2, -0.15) is 4.98 Å². The van der Waals surface area contributed by atoms with Gasteiger partial charge in [0.15, 0.2) is 11.8 Å². The smallest absolute Gasteiger partial charge is 0.223 e. The van der Waals surface area contributed by atoms with Crippen LogP contribution < -0.4 is 5.32 Å². The summed E-state index contributed by atoms with van der Waals surface area (Å²) in [7, 11) is 1.82. The van der Waals surface area contributed by atoms with Crippen LogP contribution in [0.5, 0.6) is 0 Å². The van der Waals surface area contributed by atoms with Crippen molar-refractivity contribution in [3.8, 4) is 0 Å². The van der Waals surface area contributed by atoms with E-state index in [1.807, 2.05) is 7.05 Å². The van der Waals surface area contributed by atoms with Crippen molar-refractivity contribution in [2.75, 3.05) is 53.0 Å². The quantitative estimate of drug-likeness (QED) is 0.622. The molecule has 0 amide bonds. The van der Waals surface area contributed by atoms with Gasteiger partial charge in [0.25, 0.3) is 0 Å². The summed E-state index contributed by atoms with van der Waals surface area (Å²) in [5.74, 6) is 2.85. The molecule has 8 nitrogen and oxygen atoms in total. The number of hydrogen-bond acceptors (Lipinski definition) is 6. The normalized spacial score (nSPS) is 23.5. The average molecular weight is 322 g/mol. The van der Waals surface area contributed by atoms with Crippen molar-refractivity contribution in [2.45, 2.75) is 19.9 Å².